The minimum Gasteiger partial charge on any atom is -0.497 e. The lowest BCUT2D eigenvalue weighted by molar-refractivity contribution is 0.0971. The van der Waals surface area contributed by atoms with E-state index in [1.54, 1.807) is 31.5 Å². The van der Waals surface area contributed by atoms with Gasteiger partial charge in [0.1, 0.15) is 11.7 Å². The van der Waals surface area contributed by atoms with Crippen molar-refractivity contribution in [1.82, 2.24) is 10.1 Å². The first-order chi connectivity index (χ1) is 11.8. The maximum Gasteiger partial charge on any atom is 0.243 e. The number of ketones is 1. The third-order valence-corrected chi connectivity index (χ3v) is 3.85. The van der Waals surface area contributed by atoms with Crippen molar-refractivity contribution in [2.75, 3.05) is 7.11 Å². The summed E-state index contributed by atoms with van der Waals surface area (Å²) in [5, 5.41) is 3.97. The second-order valence-electron chi connectivity index (χ2n) is 5.33. The van der Waals surface area contributed by atoms with Gasteiger partial charge in [0.05, 0.1) is 12.8 Å². The van der Waals surface area contributed by atoms with E-state index in [1.807, 2.05) is 30.3 Å². The average molecular weight is 319 g/mol. The van der Waals surface area contributed by atoms with Gasteiger partial charge in [0, 0.05) is 17.3 Å². The van der Waals surface area contributed by atoms with Crippen molar-refractivity contribution in [2.24, 2.45) is 4.99 Å². The second kappa shape index (κ2) is 5.73. The zero-order valence-electron chi connectivity index (χ0n) is 12.8. The molecule has 0 fully saturated rings. The Kier molecular flexibility index (Phi) is 3.42. The summed E-state index contributed by atoms with van der Waals surface area (Å²) in [6, 6.07) is 14.5. The van der Waals surface area contributed by atoms with Gasteiger partial charge in [-0.05, 0) is 24.3 Å². The number of fused-ring (bicyclic) bond motifs is 1. The van der Waals surface area contributed by atoms with Crippen LogP contribution in [0.25, 0.3) is 11.4 Å². The van der Waals surface area contributed by atoms with Crippen molar-refractivity contribution in [2.45, 2.75) is 5.92 Å². The molecular formula is C18H13N3O3. The standard InChI is InChI=1S/C18H13N3O3/c1-23-12-6-4-5-11(9-12)17-20-18(24-21-17)14-10-19-15-8-3-2-7-13(15)16(14)22/h2-10,14H,1H3. The molecule has 0 saturated heterocycles. The van der Waals surface area contributed by atoms with E-state index in [4.69, 9.17) is 9.26 Å². The van der Waals surface area contributed by atoms with Crippen LogP contribution in [-0.2, 0) is 0 Å². The third kappa shape index (κ3) is 2.38. The van der Waals surface area contributed by atoms with Crippen molar-refractivity contribution in [1.29, 1.82) is 0 Å². The van der Waals surface area contributed by atoms with Crippen molar-refractivity contribution >= 4 is 17.7 Å². The highest BCUT2D eigenvalue weighted by atomic mass is 16.5. The Labute approximate surface area is 137 Å². The molecule has 0 aliphatic carbocycles. The van der Waals surface area contributed by atoms with Gasteiger partial charge in [-0.2, -0.15) is 4.98 Å². The number of nitrogens with zero attached hydrogens (tertiary/aromatic N) is 3. The Morgan fingerprint density at radius 2 is 2.00 bits per heavy atom. The molecular weight excluding hydrogens is 306 g/mol. The molecule has 0 spiro atoms. The number of carbonyl (C=O) groups is 1. The molecule has 24 heavy (non-hydrogen) atoms. The number of carbonyl (C=O) groups excluding carboxylic acids is 1. The molecule has 1 unspecified atom stereocenters. The fourth-order valence-corrected chi connectivity index (χ4v) is 2.60. The summed E-state index contributed by atoms with van der Waals surface area (Å²) in [6.07, 6.45) is 1.55. The van der Waals surface area contributed by atoms with E-state index in [2.05, 4.69) is 15.1 Å². The van der Waals surface area contributed by atoms with Gasteiger partial charge in [-0.3, -0.25) is 9.79 Å². The van der Waals surface area contributed by atoms with Gasteiger partial charge in [0.25, 0.3) is 0 Å². The van der Waals surface area contributed by atoms with Gasteiger partial charge >= 0.3 is 0 Å². The Bertz CT molecular complexity index is 946. The minimum absolute atomic E-state index is 0.0959. The van der Waals surface area contributed by atoms with Gasteiger partial charge in [-0.1, -0.05) is 29.4 Å². The number of methoxy groups -OCH3 is 1. The van der Waals surface area contributed by atoms with Crippen molar-refractivity contribution in [3.8, 4) is 17.1 Å². The molecule has 1 aliphatic heterocycles. The first-order valence-corrected chi connectivity index (χ1v) is 7.42. The molecule has 6 heteroatoms. The lowest BCUT2D eigenvalue weighted by Gasteiger charge is -2.13. The van der Waals surface area contributed by atoms with Crippen LogP contribution in [0.3, 0.4) is 0 Å². The fourth-order valence-electron chi connectivity index (χ4n) is 2.60. The van der Waals surface area contributed by atoms with E-state index in [1.165, 1.54) is 0 Å². The van der Waals surface area contributed by atoms with Crippen LogP contribution in [0, 0.1) is 0 Å². The van der Waals surface area contributed by atoms with E-state index in [0.717, 1.165) is 5.56 Å². The van der Waals surface area contributed by atoms with E-state index >= 15 is 0 Å². The number of ether oxygens (including phenoxy) is 1. The van der Waals surface area contributed by atoms with Gasteiger partial charge in [0.2, 0.25) is 11.7 Å². The lowest BCUT2D eigenvalue weighted by Crippen LogP contribution is -2.18. The van der Waals surface area contributed by atoms with E-state index in [0.29, 0.717) is 22.8 Å². The van der Waals surface area contributed by atoms with Crippen LogP contribution in [-0.4, -0.2) is 29.2 Å². The zero-order chi connectivity index (χ0) is 16.5. The first kappa shape index (κ1) is 14.3. The van der Waals surface area contributed by atoms with Crippen LogP contribution >= 0.6 is 0 Å². The van der Waals surface area contributed by atoms with E-state index in [9.17, 15) is 4.79 Å². The predicted octanol–water partition coefficient (Wildman–Crippen LogP) is 3.43. The molecule has 0 amide bonds. The maximum atomic E-state index is 12.6. The highest BCUT2D eigenvalue weighted by Gasteiger charge is 2.30. The number of benzene rings is 2. The van der Waals surface area contributed by atoms with Crippen LogP contribution in [0.15, 0.2) is 58.0 Å². The fraction of sp³-hybridized carbons (Fsp3) is 0.111. The first-order valence-electron chi connectivity index (χ1n) is 7.42. The maximum absolute atomic E-state index is 12.6. The molecule has 3 aromatic rings. The number of hydrogen-bond acceptors (Lipinski definition) is 6. The molecule has 1 aromatic heterocycles. The quantitative estimate of drug-likeness (QED) is 0.739. The van der Waals surface area contributed by atoms with Gasteiger partial charge in [0.15, 0.2) is 5.78 Å². The van der Waals surface area contributed by atoms with Gasteiger partial charge in [-0.25, -0.2) is 0 Å². The van der Waals surface area contributed by atoms with Gasteiger partial charge in [-0.15, -0.1) is 0 Å². The highest BCUT2D eigenvalue weighted by molar-refractivity contribution is 6.15. The lowest BCUT2D eigenvalue weighted by atomic mass is 9.94. The molecule has 4 rings (SSSR count). The number of para-hydroxylation sites is 1. The molecule has 0 bridgehead atoms. The molecule has 6 nitrogen and oxygen atoms in total. The van der Waals surface area contributed by atoms with Crippen molar-refractivity contribution in [3.05, 3.63) is 60.0 Å². The van der Waals surface area contributed by atoms with Crippen LogP contribution in [0.2, 0.25) is 0 Å². The normalized spacial score (nSPS) is 16.0. The molecule has 0 saturated carbocycles. The summed E-state index contributed by atoms with van der Waals surface area (Å²) in [5.41, 5.74) is 1.97. The molecule has 1 aliphatic rings. The highest BCUT2D eigenvalue weighted by Crippen LogP contribution is 2.31. The van der Waals surface area contributed by atoms with Gasteiger partial charge < -0.3 is 9.26 Å². The molecule has 2 heterocycles. The predicted molar refractivity (Wildman–Crippen MR) is 88.0 cm³/mol. The summed E-state index contributed by atoms with van der Waals surface area (Å²) in [6.45, 7) is 0. The number of rotatable bonds is 3. The summed E-state index contributed by atoms with van der Waals surface area (Å²) in [5.74, 6) is 0.580. The smallest absolute Gasteiger partial charge is 0.243 e. The Morgan fingerprint density at radius 3 is 2.88 bits per heavy atom. The zero-order valence-corrected chi connectivity index (χ0v) is 12.8. The number of hydrogen-bond donors (Lipinski definition) is 0. The molecule has 0 N–H and O–H groups in total. The van der Waals surface area contributed by atoms with Crippen LogP contribution in [0.4, 0.5) is 5.69 Å². The topological polar surface area (TPSA) is 77.6 Å². The number of Topliss-reactive ketones (excluding diaryl/α,β-unsaturated/α-hetero) is 1. The summed E-state index contributed by atoms with van der Waals surface area (Å²) >= 11 is 0. The summed E-state index contributed by atoms with van der Waals surface area (Å²) in [7, 11) is 1.59. The SMILES string of the molecule is COc1cccc(-c2noc(C3C=Nc4ccccc4C3=O)n2)c1. The van der Waals surface area contributed by atoms with E-state index < -0.39 is 5.92 Å². The van der Waals surface area contributed by atoms with Crippen LogP contribution in [0.1, 0.15) is 22.2 Å². The third-order valence-electron chi connectivity index (χ3n) is 3.85. The Morgan fingerprint density at radius 1 is 1.12 bits per heavy atom. The molecule has 1 atom stereocenters. The van der Waals surface area contributed by atoms with Crippen molar-refractivity contribution < 1.29 is 14.1 Å². The molecule has 118 valence electrons. The second-order valence-corrected chi connectivity index (χ2v) is 5.33. The molecule has 2 aromatic carbocycles. The summed E-state index contributed by atoms with van der Waals surface area (Å²) < 4.78 is 10.5. The number of aromatic nitrogens is 2. The van der Waals surface area contributed by atoms with Crippen LogP contribution < -0.4 is 4.74 Å². The number of aliphatic imine (C=N–C) groups is 1. The Balaban J connectivity index is 1.67. The Hall–Kier alpha value is -3.28. The molecule has 0 radical (unpaired) electrons. The summed E-state index contributed by atoms with van der Waals surface area (Å²) in [4.78, 5) is 21.3. The van der Waals surface area contributed by atoms with Crippen LogP contribution in [0.5, 0.6) is 5.75 Å². The largest absolute Gasteiger partial charge is 0.497 e. The average Bonchev–Trinajstić information content (AvgIpc) is 3.12. The van der Waals surface area contributed by atoms with E-state index in [-0.39, 0.29) is 11.7 Å². The minimum atomic E-state index is -0.660. The van der Waals surface area contributed by atoms with Crippen molar-refractivity contribution in [3.63, 3.8) is 0 Å². The monoisotopic (exact) mass is 319 g/mol.